The molecule has 0 bridgehead atoms. The smallest absolute Gasteiger partial charge is 0.219 e. The van der Waals surface area contributed by atoms with E-state index < -0.39 is 0 Å². The first-order valence-corrected chi connectivity index (χ1v) is 4.25. The van der Waals surface area contributed by atoms with E-state index in [2.05, 4.69) is 11.4 Å². The second kappa shape index (κ2) is 2.98. The van der Waals surface area contributed by atoms with Crippen LogP contribution in [0.1, 0.15) is 0 Å². The summed E-state index contributed by atoms with van der Waals surface area (Å²) in [7, 11) is 1.57. The summed E-state index contributed by atoms with van der Waals surface area (Å²) in [5.41, 5.74) is 0. The summed E-state index contributed by atoms with van der Waals surface area (Å²) in [5.74, 6) is 1.20. The van der Waals surface area contributed by atoms with Crippen molar-refractivity contribution < 1.29 is 9.26 Å². The number of aromatic nitrogens is 1. The van der Waals surface area contributed by atoms with Crippen molar-refractivity contribution in [3.05, 3.63) is 23.7 Å². The Balaban J connectivity index is 2.46. The molecule has 0 unspecified atom stereocenters. The Morgan fingerprint density at radius 2 is 2.58 bits per heavy atom. The Morgan fingerprint density at radius 1 is 1.67 bits per heavy atom. The number of thiophene rings is 1. The van der Waals surface area contributed by atoms with Gasteiger partial charge in [-0.05, 0) is 11.4 Å². The van der Waals surface area contributed by atoms with Crippen molar-refractivity contribution in [2.45, 2.75) is 0 Å². The first kappa shape index (κ1) is 7.36. The van der Waals surface area contributed by atoms with Crippen LogP contribution in [0, 0.1) is 6.20 Å². The Kier molecular flexibility index (Phi) is 1.83. The lowest BCUT2D eigenvalue weighted by Crippen LogP contribution is -1.80. The van der Waals surface area contributed by atoms with Gasteiger partial charge >= 0.3 is 0 Å². The van der Waals surface area contributed by atoms with Gasteiger partial charge in [0, 0.05) is 0 Å². The minimum atomic E-state index is 0.553. The molecular formula is C8H6NO2S. The highest BCUT2D eigenvalue weighted by atomic mass is 32.1. The summed E-state index contributed by atoms with van der Waals surface area (Å²) in [5, 5.41) is 5.50. The predicted molar refractivity (Wildman–Crippen MR) is 45.2 cm³/mol. The predicted octanol–water partition coefficient (Wildman–Crippen LogP) is 2.21. The molecule has 1 radical (unpaired) electrons. The molecule has 0 aliphatic carbocycles. The highest BCUT2D eigenvalue weighted by molar-refractivity contribution is 7.13. The van der Waals surface area contributed by atoms with Crippen molar-refractivity contribution in [1.82, 2.24) is 5.16 Å². The van der Waals surface area contributed by atoms with Crippen LogP contribution in [0.2, 0.25) is 0 Å². The Bertz CT molecular complexity index is 353. The van der Waals surface area contributed by atoms with Gasteiger partial charge in [-0.1, -0.05) is 11.2 Å². The molecule has 61 valence electrons. The van der Waals surface area contributed by atoms with Crippen LogP contribution in [0.25, 0.3) is 10.6 Å². The minimum absolute atomic E-state index is 0.553. The monoisotopic (exact) mass is 180 g/mol. The molecule has 0 amide bonds. The van der Waals surface area contributed by atoms with Crippen LogP contribution in [0.5, 0.6) is 5.75 Å². The quantitative estimate of drug-likeness (QED) is 0.710. The van der Waals surface area contributed by atoms with E-state index in [1.165, 1.54) is 0 Å². The maximum atomic E-state index is 5.00. The molecule has 4 heteroatoms. The van der Waals surface area contributed by atoms with Gasteiger partial charge in [-0.25, -0.2) is 0 Å². The molecule has 0 aliphatic rings. The number of hydrogen-bond acceptors (Lipinski definition) is 4. The third kappa shape index (κ3) is 1.10. The van der Waals surface area contributed by atoms with E-state index >= 15 is 0 Å². The molecule has 2 aromatic heterocycles. The van der Waals surface area contributed by atoms with Crippen molar-refractivity contribution in [3.63, 3.8) is 0 Å². The van der Waals surface area contributed by atoms with Crippen molar-refractivity contribution in [1.29, 1.82) is 0 Å². The van der Waals surface area contributed by atoms with Gasteiger partial charge in [0.15, 0.2) is 11.9 Å². The van der Waals surface area contributed by atoms with Crippen molar-refractivity contribution in [2.24, 2.45) is 0 Å². The molecule has 0 spiro atoms. The molecule has 2 aromatic rings. The second-order valence-electron chi connectivity index (χ2n) is 2.13. The highest BCUT2D eigenvalue weighted by Crippen LogP contribution is 2.31. The van der Waals surface area contributed by atoms with Crippen LogP contribution < -0.4 is 4.74 Å². The fourth-order valence-electron chi connectivity index (χ4n) is 0.905. The van der Waals surface area contributed by atoms with Gasteiger partial charge in [0.1, 0.15) is 0 Å². The van der Waals surface area contributed by atoms with Gasteiger partial charge in [0.05, 0.1) is 12.0 Å². The van der Waals surface area contributed by atoms with Gasteiger partial charge in [-0.2, -0.15) is 0 Å². The molecule has 0 atom stereocenters. The summed E-state index contributed by atoms with van der Waals surface area (Å²) in [4.78, 5) is 1.00. The zero-order chi connectivity index (χ0) is 8.39. The van der Waals surface area contributed by atoms with Gasteiger partial charge in [0.2, 0.25) is 5.76 Å². The van der Waals surface area contributed by atoms with Crippen molar-refractivity contribution in [3.8, 4) is 16.4 Å². The fourth-order valence-corrected chi connectivity index (χ4v) is 1.60. The molecule has 0 saturated heterocycles. The molecule has 12 heavy (non-hydrogen) atoms. The van der Waals surface area contributed by atoms with E-state index in [0.29, 0.717) is 11.5 Å². The van der Waals surface area contributed by atoms with Gasteiger partial charge in [-0.15, -0.1) is 11.3 Å². The largest absolute Gasteiger partial charge is 0.491 e. The van der Waals surface area contributed by atoms with Crippen LogP contribution >= 0.6 is 11.3 Å². The van der Waals surface area contributed by atoms with Gasteiger partial charge in [0.25, 0.3) is 0 Å². The zero-order valence-electron chi connectivity index (χ0n) is 6.40. The maximum Gasteiger partial charge on any atom is 0.219 e. The standard InChI is InChI=1S/C8H6NO2S/c1-10-6-5-9-11-8(6)7-3-2-4-12-7/h2-4H,1H3. The Hall–Kier alpha value is -1.29. The molecule has 0 aliphatic heterocycles. The number of hydrogen-bond donors (Lipinski definition) is 0. The Morgan fingerprint density at radius 3 is 3.25 bits per heavy atom. The summed E-state index contributed by atoms with van der Waals surface area (Å²) in [6.07, 6.45) is 2.61. The van der Waals surface area contributed by atoms with Crippen molar-refractivity contribution in [2.75, 3.05) is 7.11 Å². The van der Waals surface area contributed by atoms with Crippen LogP contribution in [0.3, 0.4) is 0 Å². The average Bonchev–Trinajstić information content (AvgIpc) is 2.74. The third-order valence-corrected chi connectivity index (χ3v) is 2.31. The molecule has 3 nitrogen and oxygen atoms in total. The Labute approximate surface area is 73.6 Å². The lowest BCUT2D eigenvalue weighted by atomic mass is 10.3. The zero-order valence-corrected chi connectivity index (χ0v) is 7.22. The number of rotatable bonds is 2. The summed E-state index contributed by atoms with van der Waals surface area (Å²) in [6.45, 7) is 0. The average molecular weight is 180 g/mol. The molecular weight excluding hydrogens is 174 g/mol. The first-order chi connectivity index (χ1) is 5.92. The summed E-state index contributed by atoms with van der Waals surface area (Å²) in [6, 6.07) is 3.89. The van der Waals surface area contributed by atoms with Gasteiger partial charge in [-0.3, -0.25) is 0 Å². The molecule has 0 N–H and O–H groups in total. The lowest BCUT2D eigenvalue weighted by molar-refractivity contribution is 0.401. The van der Waals surface area contributed by atoms with E-state index in [4.69, 9.17) is 9.26 Å². The molecule has 2 rings (SSSR count). The second-order valence-corrected chi connectivity index (χ2v) is 3.08. The lowest BCUT2D eigenvalue weighted by Gasteiger charge is -1.93. The van der Waals surface area contributed by atoms with E-state index in [-0.39, 0.29) is 0 Å². The number of ether oxygens (including phenoxy) is 1. The maximum absolute atomic E-state index is 5.00. The number of nitrogens with zero attached hydrogens (tertiary/aromatic N) is 1. The summed E-state index contributed by atoms with van der Waals surface area (Å²) < 4.78 is 9.98. The van der Waals surface area contributed by atoms with Crippen molar-refractivity contribution >= 4 is 11.3 Å². The van der Waals surface area contributed by atoms with E-state index in [9.17, 15) is 0 Å². The first-order valence-electron chi connectivity index (χ1n) is 3.37. The highest BCUT2D eigenvalue weighted by Gasteiger charge is 2.11. The molecule has 0 saturated carbocycles. The van der Waals surface area contributed by atoms with E-state index in [1.807, 2.05) is 17.5 Å². The topological polar surface area (TPSA) is 35.3 Å². The van der Waals surface area contributed by atoms with Crippen LogP contribution in [-0.4, -0.2) is 12.3 Å². The minimum Gasteiger partial charge on any atom is -0.491 e. The number of methoxy groups -OCH3 is 1. The summed E-state index contributed by atoms with van der Waals surface area (Å²) >= 11 is 1.58. The fraction of sp³-hybridized carbons (Fsp3) is 0.125. The molecule has 0 fully saturated rings. The third-order valence-electron chi connectivity index (χ3n) is 1.44. The van der Waals surface area contributed by atoms with Gasteiger partial charge < -0.3 is 9.26 Å². The normalized spacial score (nSPS) is 10.1. The van der Waals surface area contributed by atoms with E-state index in [0.717, 1.165) is 4.88 Å². The SMILES string of the molecule is COc1[c]noc1-c1cccs1. The van der Waals surface area contributed by atoms with Crippen LogP contribution in [-0.2, 0) is 0 Å². The molecule has 2 heterocycles. The van der Waals surface area contributed by atoms with Crippen LogP contribution in [0.15, 0.2) is 22.0 Å². The van der Waals surface area contributed by atoms with E-state index in [1.54, 1.807) is 18.4 Å². The molecule has 0 aromatic carbocycles. The van der Waals surface area contributed by atoms with Crippen LogP contribution in [0.4, 0.5) is 0 Å².